The Bertz CT molecular complexity index is 1090. The number of carbonyl (C=O) groups is 1. The quantitative estimate of drug-likeness (QED) is 0.542. The molecule has 1 aliphatic carbocycles. The van der Waals surface area contributed by atoms with Gasteiger partial charge in [0.25, 0.3) is 17.0 Å². The van der Waals surface area contributed by atoms with E-state index in [-0.39, 0.29) is 11.7 Å². The predicted octanol–water partition coefficient (Wildman–Crippen LogP) is 4.65. The Morgan fingerprint density at radius 3 is 3.00 bits per heavy atom. The van der Waals surface area contributed by atoms with Crippen LogP contribution in [0.1, 0.15) is 35.8 Å². The predicted molar refractivity (Wildman–Crippen MR) is 119 cm³/mol. The van der Waals surface area contributed by atoms with E-state index in [1.165, 1.54) is 28.6 Å². The molecule has 30 heavy (non-hydrogen) atoms. The lowest BCUT2D eigenvalue weighted by molar-refractivity contribution is -0.127. The third-order valence-electron chi connectivity index (χ3n) is 5.46. The third-order valence-corrected chi connectivity index (χ3v) is 7.49. The van der Waals surface area contributed by atoms with Crippen LogP contribution in [-0.4, -0.2) is 39.1 Å². The van der Waals surface area contributed by atoms with Crippen molar-refractivity contribution < 1.29 is 9.21 Å². The second kappa shape index (κ2) is 8.35. The minimum Gasteiger partial charge on any atom is -0.410 e. The Kier molecular flexibility index (Phi) is 5.43. The number of amides is 1. The maximum Gasteiger partial charge on any atom is 0.277 e. The second-order valence-electron chi connectivity index (χ2n) is 7.75. The number of benzene rings is 1. The number of hydrazone groups is 1. The van der Waals surface area contributed by atoms with Crippen molar-refractivity contribution in [2.24, 2.45) is 11.0 Å². The largest absolute Gasteiger partial charge is 0.410 e. The van der Waals surface area contributed by atoms with E-state index in [0.717, 1.165) is 41.3 Å². The van der Waals surface area contributed by atoms with Crippen LogP contribution in [0.25, 0.3) is 10.8 Å². The summed E-state index contributed by atoms with van der Waals surface area (Å²) in [6.45, 7) is 2.91. The first-order valence-electron chi connectivity index (χ1n) is 10.2. The van der Waals surface area contributed by atoms with Crippen LogP contribution in [0.3, 0.4) is 0 Å². The summed E-state index contributed by atoms with van der Waals surface area (Å²) in [7, 11) is 0. The molecule has 2 aliphatic rings. The summed E-state index contributed by atoms with van der Waals surface area (Å²) in [5, 5.41) is 14.8. The van der Waals surface area contributed by atoms with Gasteiger partial charge in [0.2, 0.25) is 0 Å². The number of thioether (sulfide) groups is 1. The average Bonchev–Trinajstić information content (AvgIpc) is 3.51. The van der Waals surface area contributed by atoms with Gasteiger partial charge >= 0.3 is 0 Å². The van der Waals surface area contributed by atoms with Gasteiger partial charge in [0.15, 0.2) is 0 Å². The number of aryl methyl sites for hydroxylation is 1. The van der Waals surface area contributed by atoms with Crippen LogP contribution in [0.4, 0.5) is 0 Å². The molecule has 0 unspecified atom stereocenters. The zero-order valence-electron chi connectivity index (χ0n) is 16.7. The number of nitrogens with zero attached hydrogens (tertiary/aromatic N) is 4. The number of thiophene rings is 1. The standard InChI is InChI=1S/C22H22N4O2S2/c1-14-7-8-18-16(11-14)12-19(30-18)21-23-24-22(28-21)29-13-20(27)26-10-9-17(25-26)15-5-3-2-4-6-15/h2-6,12,14H,7-11,13H2,1H3/t14-/m1/s1. The molecule has 1 amide bonds. The van der Waals surface area contributed by atoms with Crippen molar-refractivity contribution in [3.05, 3.63) is 52.4 Å². The fraction of sp³-hybridized carbons (Fsp3) is 0.364. The molecule has 0 spiro atoms. The van der Waals surface area contributed by atoms with E-state index < -0.39 is 0 Å². The average molecular weight is 439 g/mol. The monoisotopic (exact) mass is 438 g/mol. The second-order valence-corrected chi connectivity index (χ2v) is 9.81. The zero-order chi connectivity index (χ0) is 20.5. The smallest absolute Gasteiger partial charge is 0.277 e. The third kappa shape index (κ3) is 4.06. The molecule has 0 N–H and O–H groups in total. The van der Waals surface area contributed by atoms with E-state index in [2.05, 4.69) is 28.3 Å². The topological polar surface area (TPSA) is 71.6 Å². The van der Waals surface area contributed by atoms with Gasteiger partial charge in [0.05, 0.1) is 22.9 Å². The van der Waals surface area contributed by atoms with Gasteiger partial charge < -0.3 is 4.42 Å². The maximum atomic E-state index is 12.5. The Balaban J connectivity index is 1.20. The zero-order valence-corrected chi connectivity index (χ0v) is 18.3. The molecule has 0 bridgehead atoms. The van der Waals surface area contributed by atoms with E-state index in [1.807, 2.05) is 30.3 Å². The highest BCUT2D eigenvalue weighted by atomic mass is 32.2. The van der Waals surface area contributed by atoms with E-state index in [9.17, 15) is 4.79 Å². The maximum absolute atomic E-state index is 12.5. The van der Waals surface area contributed by atoms with Gasteiger partial charge in [-0.2, -0.15) is 5.10 Å². The molecule has 0 radical (unpaired) electrons. The lowest BCUT2D eigenvalue weighted by Crippen LogP contribution is -2.25. The van der Waals surface area contributed by atoms with Crippen molar-refractivity contribution in [2.45, 2.75) is 37.8 Å². The van der Waals surface area contributed by atoms with Crippen molar-refractivity contribution in [3.63, 3.8) is 0 Å². The SMILES string of the molecule is C[C@@H]1CCc2sc(-c3nnc(SCC(=O)N4CCC(c5ccccc5)=N4)o3)cc2C1. The highest BCUT2D eigenvalue weighted by molar-refractivity contribution is 7.99. The Hall–Kier alpha value is -2.45. The number of carbonyl (C=O) groups excluding carboxylic acids is 1. The van der Waals surface area contributed by atoms with Crippen LogP contribution < -0.4 is 0 Å². The minimum absolute atomic E-state index is 0.0498. The van der Waals surface area contributed by atoms with Crippen LogP contribution in [0.15, 0.2) is 51.1 Å². The van der Waals surface area contributed by atoms with Gasteiger partial charge in [-0.15, -0.1) is 21.5 Å². The van der Waals surface area contributed by atoms with Crippen molar-refractivity contribution in [3.8, 4) is 10.8 Å². The molecule has 5 rings (SSSR count). The van der Waals surface area contributed by atoms with Crippen molar-refractivity contribution in [1.82, 2.24) is 15.2 Å². The Morgan fingerprint density at radius 1 is 1.27 bits per heavy atom. The van der Waals surface area contributed by atoms with Crippen LogP contribution in [-0.2, 0) is 17.6 Å². The summed E-state index contributed by atoms with van der Waals surface area (Å²) >= 11 is 3.02. The van der Waals surface area contributed by atoms with E-state index in [0.29, 0.717) is 17.7 Å². The molecule has 154 valence electrons. The molecule has 6 nitrogen and oxygen atoms in total. The highest BCUT2D eigenvalue weighted by Crippen LogP contribution is 2.37. The number of aromatic nitrogens is 2. The molecule has 3 aromatic rings. The fourth-order valence-corrected chi connectivity index (χ4v) is 5.61. The summed E-state index contributed by atoms with van der Waals surface area (Å²) in [6.07, 6.45) is 4.27. The normalized spacial score (nSPS) is 18.4. The number of hydrogen-bond donors (Lipinski definition) is 0. The molecule has 1 aromatic carbocycles. The molecule has 2 aromatic heterocycles. The molecular weight excluding hydrogens is 416 g/mol. The van der Waals surface area contributed by atoms with Crippen LogP contribution in [0.5, 0.6) is 0 Å². The minimum atomic E-state index is -0.0498. The first-order chi connectivity index (χ1) is 14.7. The summed E-state index contributed by atoms with van der Waals surface area (Å²) in [6, 6.07) is 12.2. The van der Waals surface area contributed by atoms with Crippen LogP contribution >= 0.6 is 23.1 Å². The van der Waals surface area contributed by atoms with Gasteiger partial charge in [0.1, 0.15) is 0 Å². The van der Waals surface area contributed by atoms with Gasteiger partial charge in [0, 0.05) is 11.3 Å². The first kappa shape index (κ1) is 19.5. The summed E-state index contributed by atoms with van der Waals surface area (Å²) in [5.74, 6) is 1.45. The van der Waals surface area contributed by atoms with Gasteiger partial charge in [-0.25, -0.2) is 5.01 Å². The molecule has 1 atom stereocenters. The lowest BCUT2D eigenvalue weighted by Gasteiger charge is -2.16. The van der Waals surface area contributed by atoms with Crippen LogP contribution in [0.2, 0.25) is 0 Å². The van der Waals surface area contributed by atoms with E-state index >= 15 is 0 Å². The molecule has 8 heteroatoms. The van der Waals surface area contributed by atoms with Crippen LogP contribution in [0, 0.1) is 5.92 Å². The summed E-state index contributed by atoms with van der Waals surface area (Å²) in [5.41, 5.74) is 3.43. The molecule has 0 saturated carbocycles. The Morgan fingerprint density at radius 2 is 2.13 bits per heavy atom. The Labute approximate surface area is 183 Å². The van der Waals surface area contributed by atoms with Crippen molar-refractivity contribution >= 4 is 34.7 Å². The van der Waals surface area contributed by atoms with Gasteiger partial charge in [-0.3, -0.25) is 4.79 Å². The van der Waals surface area contributed by atoms with Gasteiger partial charge in [-0.1, -0.05) is 49.0 Å². The number of rotatable bonds is 5. The molecular formula is C22H22N4O2S2. The van der Waals surface area contributed by atoms with E-state index in [4.69, 9.17) is 4.42 Å². The molecule has 0 fully saturated rings. The highest BCUT2D eigenvalue weighted by Gasteiger charge is 2.23. The molecule has 0 saturated heterocycles. The van der Waals surface area contributed by atoms with Gasteiger partial charge in [-0.05, 0) is 42.4 Å². The van der Waals surface area contributed by atoms with Crippen molar-refractivity contribution in [2.75, 3.05) is 12.3 Å². The first-order valence-corrected chi connectivity index (χ1v) is 12.0. The van der Waals surface area contributed by atoms with E-state index in [1.54, 1.807) is 16.3 Å². The fourth-order valence-electron chi connectivity index (χ4n) is 3.85. The number of hydrogen-bond acceptors (Lipinski definition) is 7. The molecule has 1 aliphatic heterocycles. The lowest BCUT2D eigenvalue weighted by atomic mass is 9.90. The van der Waals surface area contributed by atoms with Crippen molar-refractivity contribution in [1.29, 1.82) is 0 Å². The summed E-state index contributed by atoms with van der Waals surface area (Å²) < 4.78 is 5.82. The number of fused-ring (bicyclic) bond motifs is 1. The summed E-state index contributed by atoms with van der Waals surface area (Å²) in [4.78, 5) is 15.0. The molecule has 3 heterocycles.